The van der Waals surface area contributed by atoms with Gasteiger partial charge in [0.05, 0.1) is 24.8 Å². The first-order chi connectivity index (χ1) is 7.93. The lowest BCUT2D eigenvalue weighted by Gasteiger charge is -2.08. The van der Waals surface area contributed by atoms with Gasteiger partial charge in [-0.25, -0.2) is 18.2 Å². The number of carbonyl (C=O) groups is 1. The van der Waals surface area contributed by atoms with Gasteiger partial charge in [-0.3, -0.25) is 4.98 Å². The van der Waals surface area contributed by atoms with Crippen molar-refractivity contribution in [3.8, 4) is 0 Å². The van der Waals surface area contributed by atoms with E-state index in [1.807, 2.05) is 0 Å². The van der Waals surface area contributed by atoms with E-state index in [-0.39, 0.29) is 16.6 Å². The van der Waals surface area contributed by atoms with E-state index < -0.39 is 21.1 Å². The van der Waals surface area contributed by atoms with Crippen LogP contribution in [0.2, 0.25) is 0 Å². The van der Waals surface area contributed by atoms with Crippen LogP contribution < -0.4 is 0 Å². The molecular weight excluding hydrogens is 268 g/mol. The molecule has 0 spiro atoms. The van der Waals surface area contributed by atoms with Crippen LogP contribution in [-0.4, -0.2) is 42.6 Å². The first-order valence-electron chi connectivity index (χ1n) is 4.63. The predicted molar refractivity (Wildman–Crippen MR) is 60.7 cm³/mol. The lowest BCUT2D eigenvalue weighted by Crippen LogP contribution is -2.21. The number of carbonyl (C=O) groups excluding carboxylic acids is 1. The number of hydrogen-bond donors (Lipinski definition) is 0. The molecule has 17 heavy (non-hydrogen) atoms. The van der Waals surface area contributed by atoms with E-state index >= 15 is 0 Å². The average Bonchev–Trinajstić information content (AvgIpc) is 2.36. The third kappa shape index (κ3) is 2.92. The maximum atomic E-state index is 11.9. The summed E-state index contributed by atoms with van der Waals surface area (Å²) in [4.78, 5) is 18.5. The lowest BCUT2D eigenvalue weighted by atomic mass is 10.5. The molecule has 1 heterocycles. The number of halogens is 1. The normalized spacial score (nSPS) is 13.1. The Morgan fingerprint density at radius 3 is 2.71 bits per heavy atom. The zero-order valence-electron chi connectivity index (χ0n) is 9.25. The fraction of sp³-hybridized carbons (Fsp3) is 0.444. The molecule has 1 aromatic heterocycles. The van der Waals surface area contributed by atoms with Gasteiger partial charge in [0.25, 0.3) is 0 Å². The summed E-state index contributed by atoms with van der Waals surface area (Å²) in [6.45, 7) is 1.45. The summed E-state index contributed by atoms with van der Waals surface area (Å²) in [7, 11) is -2.49. The zero-order valence-corrected chi connectivity index (χ0v) is 10.8. The Labute approximate surface area is 104 Å². The minimum absolute atomic E-state index is 0.0630. The van der Waals surface area contributed by atoms with Crippen LogP contribution in [0.25, 0.3) is 0 Å². The predicted octanol–water partition coefficient (Wildman–Crippen LogP) is 0.664. The number of methoxy groups -OCH3 is 1. The summed E-state index contributed by atoms with van der Waals surface area (Å²) in [6, 6.07) is 0. The average molecular weight is 279 g/mol. The van der Waals surface area contributed by atoms with E-state index in [1.165, 1.54) is 14.0 Å². The minimum atomic E-state index is -3.67. The van der Waals surface area contributed by atoms with Crippen molar-refractivity contribution in [2.24, 2.45) is 0 Å². The molecule has 0 aliphatic heterocycles. The van der Waals surface area contributed by atoms with Crippen molar-refractivity contribution >= 4 is 27.4 Å². The van der Waals surface area contributed by atoms with E-state index in [0.29, 0.717) is 0 Å². The van der Waals surface area contributed by atoms with Crippen LogP contribution in [0.5, 0.6) is 0 Å². The van der Waals surface area contributed by atoms with Gasteiger partial charge in [-0.2, -0.15) is 0 Å². The number of ether oxygens (including phenoxy) is 1. The maximum absolute atomic E-state index is 11.9. The molecule has 0 aliphatic rings. The molecule has 0 aliphatic carbocycles. The zero-order chi connectivity index (χ0) is 13.1. The van der Waals surface area contributed by atoms with E-state index in [4.69, 9.17) is 11.6 Å². The molecule has 1 rings (SSSR count). The van der Waals surface area contributed by atoms with Crippen LogP contribution in [0.3, 0.4) is 0 Å². The first kappa shape index (κ1) is 13.9. The molecule has 1 atom stereocenters. The molecule has 0 N–H and O–H groups in total. The van der Waals surface area contributed by atoms with Crippen LogP contribution in [0.15, 0.2) is 17.4 Å². The van der Waals surface area contributed by atoms with Gasteiger partial charge in [0.1, 0.15) is 0 Å². The molecule has 0 aromatic carbocycles. The largest absolute Gasteiger partial charge is 0.464 e. The highest BCUT2D eigenvalue weighted by atomic mass is 35.5. The van der Waals surface area contributed by atoms with Crippen molar-refractivity contribution in [2.75, 3.05) is 13.0 Å². The second-order valence-electron chi connectivity index (χ2n) is 3.24. The molecule has 0 saturated heterocycles. The molecule has 0 radical (unpaired) electrons. The first-order valence-corrected chi connectivity index (χ1v) is 6.71. The molecule has 0 amide bonds. The van der Waals surface area contributed by atoms with Crippen molar-refractivity contribution in [3.63, 3.8) is 0 Å². The van der Waals surface area contributed by atoms with Crippen LogP contribution in [0.1, 0.15) is 17.4 Å². The summed E-state index contributed by atoms with van der Waals surface area (Å²) in [5, 5.41) is -1.08. The third-order valence-electron chi connectivity index (χ3n) is 2.05. The van der Waals surface area contributed by atoms with E-state index in [2.05, 4.69) is 14.7 Å². The summed E-state index contributed by atoms with van der Waals surface area (Å²) in [6.07, 6.45) is 2.21. The van der Waals surface area contributed by atoms with Crippen molar-refractivity contribution in [1.29, 1.82) is 0 Å². The number of aromatic nitrogens is 2. The Morgan fingerprint density at radius 2 is 2.18 bits per heavy atom. The Balaban J connectivity index is 3.21. The molecule has 0 bridgehead atoms. The Hall–Kier alpha value is -1.21. The highest BCUT2D eigenvalue weighted by molar-refractivity contribution is 7.92. The van der Waals surface area contributed by atoms with E-state index in [0.717, 1.165) is 12.4 Å². The van der Waals surface area contributed by atoms with Gasteiger partial charge in [0.15, 0.2) is 10.7 Å². The number of hydrogen-bond acceptors (Lipinski definition) is 6. The molecular formula is C9H11ClN2O4S. The molecule has 0 saturated carbocycles. The summed E-state index contributed by atoms with van der Waals surface area (Å²) in [5.74, 6) is -0.806. The number of esters is 1. The molecule has 94 valence electrons. The van der Waals surface area contributed by atoms with Gasteiger partial charge in [0, 0.05) is 5.88 Å². The monoisotopic (exact) mass is 278 g/mol. The molecule has 6 nitrogen and oxygen atoms in total. The van der Waals surface area contributed by atoms with Gasteiger partial charge in [-0.1, -0.05) is 0 Å². The van der Waals surface area contributed by atoms with Crippen LogP contribution in [0, 0.1) is 0 Å². The molecule has 8 heteroatoms. The molecule has 1 aromatic rings. The van der Waals surface area contributed by atoms with Crippen LogP contribution >= 0.6 is 11.6 Å². The number of sulfone groups is 1. The Kier molecular flexibility index (Phi) is 4.41. The van der Waals surface area contributed by atoms with Crippen molar-refractivity contribution in [2.45, 2.75) is 17.2 Å². The fourth-order valence-electron chi connectivity index (χ4n) is 0.977. The summed E-state index contributed by atoms with van der Waals surface area (Å²) < 4.78 is 28.2. The standard InChI is InChI=1S/C9H11ClN2O4S/c1-6(3-10)17(14,15)8-5-11-4-7(12-8)9(13)16-2/h4-6H,3H2,1-2H3. The maximum Gasteiger partial charge on any atom is 0.358 e. The van der Waals surface area contributed by atoms with Gasteiger partial charge in [-0.05, 0) is 6.92 Å². The van der Waals surface area contributed by atoms with Crippen LogP contribution in [0.4, 0.5) is 0 Å². The van der Waals surface area contributed by atoms with E-state index in [1.54, 1.807) is 0 Å². The third-order valence-corrected chi connectivity index (χ3v) is 4.70. The second kappa shape index (κ2) is 5.42. The quantitative estimate of drug-likeness (QED) is 0.594. The van der Waals surface area contributed by atoms with Gasteiger partial charge < -0.3 is 4.74 Å². The van der Waals surface area contributed by atoms with Gasteiger partial charge in [0.2, 0.25) is 9.84 Å². The number of nitrogens with zero attached hydrogens (tertiary/aromatic N) is 2. The van der Waals surface area contributed by atoms with Crippen molar-refractivity contribution < 1.29 is 17.9 Å². The Morgan fingerprint density at radius 1 is 1.53 bits per heavy atom. The fourth-order valence-corrected chi connectivity index (χ4v) is 2.49. The molecule has 0 fully saturated rings. The number of alkyl halides is 1. The minimum Gasteiger partial charge on any atom is -0.464 e. The van der Waals surface area contributed by atoms with Gasteiger partial charge >= 0.3 is 5.97 Å². The smallest absolute Gasteiger partial charge is 0.358 e. The van der Waals surface area contributed by atoms with E-state index in [9.17, 15) is 13.2 Å². The SMILES string of the molecule is COC(=O)c1cncc(S(=O)(=O)C(C)CCl)n1. The van der Waals surface area contributed by atoms with Crippen LogP contribution in [-0.2, 0) is 14.6 Å². The Bertz CT molecular complexity index is 517. The summed E-state index contributed by atoms with van der Waals surface area (Å²) >= 11 is 5.50. The highest BCUT2D eigenvalue weighted by Crippen LogP contribution is 2.14. The number of rotatable bonds is 4. The van der Waals surface area contributed by atoms with Crippen molar-refractivity contribution in [3.05, 3.63) is 18.1 Å². The van der Waals surface area contributed by atoms with Crippen molar-refractivity contribution in [1.82, 2.24) is 9.97 Å². The highest BCUT2D eigenvalue weighted by Gasteiger charge is 2.25. The van der Waals surface area contributed by atoms with Gasteiger partial charge in [-0.15, -0.1) is 11.6 Å². The summed E-state index contributed by atoms with van der Waals surface area (Å²) in [5.41, 5.74) is -0.157. The lowest BCUT2D eigenvalue weighted by molar-refractivity contribution is 0.0592. The second-order valence-corrected chi connectivity index (χ2v) is 5.87. The topological polar surface area (TPSA) is 86.2 Å². The molecule has 1 unspecified atom stereocenters.